The van der Waals surface area contributed by atoms with Crippen molar-refractivity contribution >= 4 is 34.3 Å². The molecule has 0 atom stereocenters. The lowest BCUT2D eigenvalue weighted by molar-refractivity contribution is -0.137. The second-order valence-electron chi connectivity index (χ2n) is 12.6. The van der Waals surface area contributed by atoms with Gasteiger partial charge in [0.25, 0.3) is 0 Å². The van der Waals surface area contributed by atoms with Crippen LogP contribution in [-0.2, 0) is 14.3 Å². The number of ether oxygens (including phenoxy) is 2. The van der Waals surface area contributed by atoms with Crippen molar-refractivity contribution in [2.45, 2.75) is 91.0 Å². The summed E-state index contributed by atoms with van der Waals surface area (Å²) in [6, 6.07) is 11.8. The molecule has 1 aromatic carbocycles. The van der Waals surface area contributed by atoms with Crippen molar-refractivity contribution in [3.63, 3.8) is 0 Å². The Kier molecular flexibility index (Phi) is 10.2. The van der Waals surface area contributed by atoms with Gasteiger partial charge in [0.15, 0.2) is 5.75 Å². The van der Waals surface area contributed by atoms with Crippen LogP contribution in [0.3, 0.4) is 0 Å². The Balaban J connectivity index is 1.42. The molecule has 1 aromatic heterocycles. The van der Waals surface area contributed by atoms with E-state index in [9.17, 15) is 14.4 Å². The molecule has 1 saturated heterocycles. The van der Waals surface area contributed by atoms with Crippen molar-refractivity contribution in [3.05, 3.63) is 36.4 Å². The second-order valence-corrected chi connectivity index (χ2v) is 13.6. The van der Waals surface area contributed by atoms with E-state index in [2.05, 4.69) is 13.8 Å². The molecule has 3 aliphatic rings. The number of thiophene rings is 1. The number of likely N-dealkylation sites (tertiary alicyclic amines) is 1. The van der Waals surface area contributed by atoms with Gasteiger partial charge in [0.1, 0.15) is 5.00 Å². The zero-order valence-electron chi connectivity index (χ0n) is 25.4. The predicted octanol–water partition coefficient (Wildman–Crippen LogP) is 7.93. The van der Waals surface area contributed by atoms with Gasteiger partial charge in [0.2, 0.25) is 11.8 Å². The van der Waals surface area contributed by atoms with Gasteiger partial charge in [-0.3, -0.25) is 14.5 Å². The zero-order chi connectivity index (χ0) is 29.6. The number of rotatable bonds is 7. The first-order valence-electron chi connectivity index (χ1n) is 16.0. The fraction of sp³-hybridized carbons (Fsp3) is 0.618. The fourth-order valence-electron chi connectivity index (χ4n) is 6.85. The molecular weight excluding hydrogens is 548 g/mol. The van der Waals surface area contributed by atoms with E-state index in [0.717, 1.165) is 61.8 Å². The zero-order valence-corrected chi connectivity index (χ0v) is 26.2. The maximum absolute atomic E-state index is 14.4. The van der Waals surface area contributed by atoms with Crippen LogP contribution >= 0.6 is 11.3 Å². The molecule has 0 N–H and O–H groups in total. The van der Waals surface area contributed by atoms with Gasteiger partial charge in [0, 0.05) is 41.9 Å². The molecule has 8 heteroatoms. The number of carbonyl (C=O) groups is 3. The summed E-state index contributed by atoms with van der Waals surface area (Å²) < 4.78 is 10.9. The lowest BCUT2D eigenvalue weighted by atomic mass is 9.81. The molecule has 7 nitrogen and oxygen atoms in total. The minimum absolute atomic E-state index is 0.0530. The van der Waals surface area contributed by atoms with Gasteiger partial charge < -0.3 is 14.4 Å². The van der Waals surface area contributed by atoms with Gasteiger partial charge in [-0.1, -0.05) is 44.2 Å². The SMILES string of the molecule is CCOC(=O)Oc1cc(-c2ccccc2)sc1N(C(=O)[C@H]1CC[C@H](C)CC1)C1CCN(C(=O)[C@H]2CC[C@H](C)CC2)CC1. The van der Waals surface area contributed by atoms with Crippen LogP contribution in [0.25, 0.3) is 10.4 Å². The van der Waals surface area contributed by atoms with Crippen LogP contribution < -0.4 is 9.64 Å². The predicted molar refractivity (Wildman–Crippen MR) is 167 cm³/mol. The first-order valence-corrected chi connectivity index (χ1v) is 16.8. The molecule has 42 heavy (non-hydrogen) atoms. The lowest BCUT2D eigenvalue weighted by Crippen LogP contribution is -2.51. The average Bonchev–Trinajstić information content (AvgIpc) is 3.41. The summed E-state index contributed by atoms with van der Waals surface area (Å²) in [4.78, 5) is 45.2. The van der Waals surface area contributed by atoms with Crippen LogP contribution in [-0.4, -0.2) is 48.6 Å². The first-order chi connectivity index (χ1) is 20.3. The standard InChI is InChI=1S/C34H46N2O5S/c1-4-40-34(39)41-29-22-30(25-8-6-5-7-9-25)42-33(29)36(32(38)27-16-12-24(3)13-17-27)28-18-20-35(21-19-28)31(37)26-14-10-23(2)11-15-26/h5-9,22-24,26-28H,4,10-21H2,1-3H3/t23-,24-,26-,27-. The second kappa shape index (κ2) is 14.1. The van der Waals surface area contributed by atoms with Crippen LogP contribution in [0.15, 0.2) is 36.4 Å². The van der Waals surface area contributed by atoms with E-state index in [1.165, 1.54) is 11.3 Å². The summed E-state index contributed by atoms with van der Waals surface area (Å²) in [6.45, 7) is 7.78. The van der Waals surface area contributed by atoms with Crippen molar-refractivity contribution in [2.75, 3.05) is 24.6 Å². The molecule has 2 saturated carbocycles. The highest BCUT2D eigenvalue weighted by molar-refractivity contribution is 7.20. The third-order valence-corrected chi connectivity index (χ3v) is 10.7. The Morgan fingerprint density at radius 2 is 1.45 bits per heavy atom. The molecule has 2 amide bonds. The highest BCUT2D eigenvalue weighted by atomic mass is 32.1. The lowest BCUT2D eigenvalue weighted by Gasteiger charge is -2.41. The Hall–Kier alpha value is -2.87. The van der Waals surface area contributed by atoms with Crippen LogP contribution in [0.2, 0.25) is 0 Å². The van der Waals surface area contributed by atoms with Crippen LogP contribution in [0.5, 0.6) is 5.75 Å². The normalized spacial score (nSPS) is 25.1. The van der Waals surface area contributed by atoms with Crippen LogP contribution in [0.1, 0.15) is 85.0 Å². The molecule has 0 bridgehead atoms. The van der Waals surface area contributed by atoms with E-state index in [4.69, 9.17) is 9.47 Å². The van der Waals surface area contributed by atoms with E-state index >= 15 is 0 Å². The van der Waals surface area contributed by atoms with Crippen molar-refractivity contribution < 1.29 is 23.9 Å². The minimum Gasteiger partial charge on any atom is -0.434 e. The highest BCUT2D eigenvalue weighted by Crippen LogP contribution is 2.46. The molecule has 0 radical (unpaired) electrons. The van der Waals surface area contributed by atoms with Gasteiger partial charge in [-0.2, -0.15) is 0 Å². The molecule has 2 aromatic rings. The summed E-state index contributed by atoms with van der Waals surface area (Å²) in [5.74, 6) is 2.19. The maximum atomic E-state index is 14.4. The maximum Gasteiger partial charge on any atom is 0.513 e. The number of anilines is 1. The summed E-state index contributed by atoms with van der Waals surface area (Å²) in [5, 5.41) is 0.663. The van der Waals surface area contributed by atoms with E-state index < -0.39 is 6.16 Å². The quantitative estimate of drug-likeness (QED) is 0.304. The molecule has 0 unspecified atom stereocenters. The largest absolute Gasteiger partial charge is 0.513 e. The number of hydrogen-bond acceptors (Lipinski definition) is 6. The number of piperidine rings is 1. The third kappa shape index (κ3) is 7.19. The highest BCUT2D eigenvalue weighted by Gasteiger charge is 2.39. The van der Waals surface area contributed by atoms with Crippen molar-refractivity contribution in [1.29, 1.82) is 0 Å². The molecule has 1 aliphatic heterocycles. The monoisotopic (exact) mass is 594 g/mol. The van der Waals surface area contributed by atoms with E-state index in [1.54, 1.807) is 6.92 Å². The Morgan fingerprint density at radius 1 is 0.857 bits per heavy atom. The molecule has 2 heterocycles. The van der Waals surface area contributed by atoms with Crippen LogP contribution in [0.4, 0.5) is 9.80 Å². The van der Waals surface area contributed by atoms with Gasteiger partial charge in [-0.05, 0) is 88.5 Å². The Labute approximate surface area is 254 Å². The van der Waals surface area contributed by atoms with Crippen molar-refractivity contribution in [2.24, 2.45) is 23.7 Å². The number of nitrogens with zero attached hydrogens (tertiary/aromatic N) is 2. The summed E-state index contributed by atoms with van der Waals surface area (Å²) in [6.07, 6.45) is 8.71. The molecule has 228 valence electrons. The third-order valence-electron chi connectivity index (χ3n) is 9.52. The van der Waals surface area contributed by atoms with E-state index in [0.29, 0.717) is 48.5 Å². The van der Waals surface area contributed by atoms with Gasteiger partial charge in [0.05, 0.1) is 6.61 Å². The van der Waals surface area contributed by atoms with Gasteiger partial charge in [-0.15, -0.1) is 11.3 Å². The molecule has 0 spiro atoms. The Morgan fingerprint density at radius 3 is 2.05 bits per heavy atom. The van der Waals surface area contributed by atoms with Crippen LogP contribution in [0, 0.1) is 23.7 Å². The smallest absolute Gasteiger partial charge is 0.434 e. The molecule has 5 rings (SSSR count). The summed E-state index contributed by atoms with van der Waals surface area (Å²) in [7, 11) is 0. The van der Waals surface area contributed by atoms with E-state index in [-0.39, 0.29) is 36.3 Å². The number of carbonyl (C=O) groups excluding carboxylic acids is 3. The number of amides is 2. The topological polar surface area (TPSA) is 76.2 Å². The van der Waals surface area contributed by atoms with Gasteiger partial charge in [-0.25, -0.2) is 4.79 Å². The minimum atomic E-state index is -0.766. The first kappa shape index (κ1) is 30.6. The average molecular weight is 595 g/mol. The summed E-state index contributed by atoms with van der Waals surface area (Å²) in [5.41, 5.74) is 1.00. The fourth-order valence-corrected chi connectivity index (χ4v) is 8.01. The van der Waals surface area contributed by atoms with Crippen molar-refractivity contribution in [3.8, 4) is 16.2 Å². The van der Waals surface area contributed by atoms with E-state index in [1.807, 2.05) is 46.2 Å². The molecule has 3 fully saturated rings. The molecule has 2 aliphatic carbocycles. The molecular formula is C34H46N2O5S. The van der Waals surface area contributed by atoms with Crippen molar-refractivity contribution in [1.82, 2.24) is 4.90 Å². The Bertz CT molecular complexity index is 1210. The summed E-state index contributed by atoms with van der Waals surface area (Å²) >= 11 is 1.49. The number of benzene rings is 1. The van der Waals surface area contributed by atoms with Gasteiger partial charge >= 0.3 is 6.16 Å². The number of hydrogen-bond donors (Lipinski definition) is 0.